The van der Waals surface area contributed by atoms with Crippen molar-refractivity contribution in [2.75, 3.05) is 20.8 Å². The van der Waals surface area contributed by atoms with Gasteiger partial charge in [0.15, 0.2) is 23.2 Å². The lowest BCUT2D eigenvalue weighted by atomic mass is 9.98. The molecule has 2 fully saturated rings. The summed E-state index contributed by atoms with van der Waals surface area (Å²) in [5.41, 5.74) is -0.146. The number of fused-ring (bicyclic) bond motifs is 1. The molecule has 7 N–H and O–H groups in total. The van der Waals surface area contributed by atoms with Crippen LogP contribution in [0.3, 0.4) is 0 Å². The Kier molecular flexibility index (Phi) is 9.31. The Morgan fingerprint density at radius 1 is 0.773 bits per heavy atom. The number of aromatic hydroxyl groups is 1. The van der Waals surface area contributed by atoms with E-state index in [2.05, 4.69) is 0 Å². The molecular weight excluding hydrogens is 588 g/mol. The van der Waals surface area contributed by atoms with Crippen molar-refractivity contribution in [3.8, 4) is 34.3 Å². The summed E-state index contributed by atoms with van der Waals surface area (Å²) >= 11 is 0. The van der Waals surface area contributed by atoms with Crippen molar-refractivity contribution < 1.29 is 68.6 Å². The van der Waals surface area contributed by atoms with E-state index in [1.165, 1.54) is 33.3 Å². The molecule has 2 aliphatic heterocycles. The first kappa shape index (κ1) is 31.9. The summed E-state index contributed by atoms with van der Waals surface area (Å²) in [7, 11) is 2.94. The second-order valence-electron chi connectivity index (χ2n) is 10.5. The lowest BCUT2D eigenvalue weighted by Crippen LogP contribution is -2.61. The van der Waals surface area contributed by atoms with Crippen LogP contribution < -0.4 is 19.6 Å². The molecular formula is C29H34O15. The van der Waals surface area contributed by atoms with Gasteiger partial charge in [-0.05, 0) is 25.1 Å². The third-order valence-electron chi connectivity index (χ3n) is 7.61. The maximum Gasteiger partial charge on any atom is 0.229 e. The Hall–Kier alpha value is -3.51. The summed E-state index contributed by atoms with van der Waals surface area (Å²) in [5, 5.41) is 72.1. The molecule has 0 bridgehead atoms. The molecule has 15 heteroatoms. The maximum atomic E-state index is 12.9. The normalized spacial score (nSPS) is 32.4. The maximum absolute atomic E-state index is 12.9. The monoisotopic (exact) mass is 622 g/mol. The number of methoxy groups -OCH3 is 2. The second kappa shape index (κ2) is 12.8. The topological polar surface area (TPSA) is 227 Å². The molecule has 0 amide bonds. The molecule has 2 aliphatic rings. The van der Waals surface area contributed by atoms with Gasteiger partial charge in [-0.3, -0.25) is 4.79 Å². The van der Waals surface area contributed by atoms with Gasteiger partial charge in [0.25, 0.3) is 0 Å². The van der Waals surface area contributed by atoms with Gasteiger partial charge in [-0.25, -0.2) is 0 Å². The van der Waals surface area contributed by atoms with Gasteiger partial charge in [-0.1, -0.05) is 0 Å². The van der Waals surface area contributed by atoms with E-state index >= 15 is 0 Å². The molecule has 10 atom stereocenters. The minimum Gasteiger partial charge on any atom is -0.507 e. The predicted octanol–water partition coefficient (Wildman–Crippen LogP) is -0.787. The fraction of sp³-hybridized carbons (Fsp3) is 0.483. The van der Waals surface area contributed by atoms with Gasteiger partial charge in [0, 0.05) is 23.8 Å². The molecule has 3 aromatic rings. The number of hydrogen-bond acceptors (Lipinski definition) is 15. The number of aliphatic hydroxyl groups is 6. The average molecular weight is 623 g/mol. The van der Waals surface area contributed by atoms with Crippen molar-refractivity contribution in [2.24, 2.45) is 0 Å². The second-order valence-corrected chi connectivity index (χ2v) is 10.5. The fourth-order valence-electron chi connectivity index (χ4n) is 5.07. The summed E-state index contributed by atoms with van der Waals surface area (Å²) in [6.07, 6.45) is -14.9. The highest BCUT2D eigenvalue weighted by atomic mass is 16.7. The minimum absolute atomic E-state index is 0.0682. The number of phenols is 1. The fourth-order valence-corrected chi connectivity index (χ4v) is 5.07. The van der Waals surface area contributed by atoms with Crippen molar-refractivity contribution in [1.82, 2.24) is 0 Å². The van der Waals surface area contributed by atoms with E-state index in [1.807, 2.05) is 0 Å². The third kappa shape index (κ3) is 6.06. The number of rotatable bonds is 8. The van der Waals surface area contributed by atoms with E-state index in [9.17, 15) is 40.5 Å². The quantitative estimate of drug-likeness (QED) is 0.163. The molecule has 5 rings (SSSR count). The molecule has 0 radical (unpaired) electrons. The molecule has 44 heavy (non-hydrogen) atoms. The number of ether oxygens (including phenoxy) is 6. The lowest BCUT2D eigenvalue weighted by molar-refractivity contribution is -0.318. The van der Waals surface area contributed by atoms with Gasteiger partial charge in [0.2, 0.25) is 6.29 Å². The molecule has 0 unspecified atom stereocenters. The van der Waals surface area contributed by atoms with Gasteiger partial charge in [-0.2, -0.15) is 0 Å². The van der Waals surface area contributed by atoms with Crippen LogP contribution >= 0.6 is 0 Å². The minimum atomic E-state index is -1.77. The summed E-state index contributed by atoms with van der Waals surface area (Å²) in [6.45, 7) is 0.971. The number of aliphatic hydroxyl groups excluding tert-OH is 6. The van der Waals surface area contributed by atoms with E-state index < -0.39 is 79.2 Å². The van der Waals surface area contributed by atoms with E-state index in [4.69, 9.17) is 32.8 Å². The molecule has 0 spiro atoms. The highest BCUT2D eigenvalue weighted by Crippen LogP contribution is 2.36. The van der Waals surface area contributed by atoms with Crippen molar-refractivity contribution >= 4 is 11.0 Å². The van der Waals surface area contributed by atoms with Crippen LogP contribution in [0.4, 0.5) is 0 Å². The Labute approximate surface area is 249 Å². The van der Waals surface area contributed by atoms with Crippen molar-refractivity contribution in [3.05, 3.63) is 46.6 Å². The summed E-state index contributed by atoms with van der Waals surface area (Å²) in [4.78, 5) is 12.9. The lowest BCUT2D eigenvalue weighted by Gasteiger charge is -2.42. The van der Waals surface area contributed by atoms with E-state index in [0.29, 0.717) is 17.1 Å². The first-order valence-electron chi connectivity index (χ1n) is 13.6. The molecule has 15 nitrogen and oxygen atoms in total. The van der Waals surface area contributed by atoms with Gasteiger partial charge in [-0.15, -0.1) is 0 Å². The van der Waals surface area contributed by atoms with E-state index in [1.54, 1.807) is 18.2 Å². The van der Waals surface area contributed by atoms with Crippen molar-refractivity contribution in [3.63, 3.8) is 0 Å². The van der Waals surface area contributed by atoms with Crippen LogP contribution in [0.25, 0.3) is 22.3 Å². The highest BCUT2D eigenvalue weighted by Gasteiger charge is 2.47. The standard InChI is InChI=1S/C29H34O15/c1-11-22(32)24(34)26(36)28(41-11)40-10-20-23(33)25(35)27(37)29(44-20)42-13-7-14(30)21-15(31)9-17(43-19(21)8-13)12-4-5-16(38-2)18(6-12)39-3/h4-9,11,20,22-30,32-37H,10H2,1-3H3/t11-,20+,22-,23+,24+,25-,26+,27+,28+,29+/m0/s1. The van der Waals surface area contributed by atoms with Crippen LogP contribution in [-0.2, 0) is 14.2 Å². The number of phenolic OH excluding ortho intramolecular Hbond substituents is 1. The average Bonchev–Trinajstić information content (AvgIpc) is 3.01. The first-order valence-corrected chi connectivity index (χ1v) is 13.6. The van der Waals surface area contributed by atoms with Crippen molar-refractivity contribution in [1.29, 1.82) is 0 Å². The van der Waals surface area contributed by atoms with Crippen LogP contribution in [0.15, 0.2) is 45.6 Å². The third-order valence-corrected chi connectivity index (χ3v) is 7.61. The zero-order chi connectivity index (χ0) is 31.9. The SMILES string of the molecule is COc1ccc(-c2cc(=O)c3c(O)cc(O[C@@H]4O[C@H](CO[C@@H]5O[C@@H](C)[C@H](O)[C@@H](O)[C@H]5O)[C@@H](O)[C@H](O)[C@H]4O)cc3o2)cc1OC. The Balaban J connectivity index is 1.37. The van der Waals surface area contributed by atoms with Crippen LogP contribution in [0.5, 0.6) is 23.0 Å². The van der Waals surface area contributed by atoms with Crippen molar-refractivity contribution in [2.45, 2.75) is 68.3 Å². The van der Waals surface area contributed by atoms with Gasteiger partial charge >= 0.3 is 0 Å². The number of benzene rings is 2. The van der Waals surface area contributed by atoms with E-state index in [0.717, 1.165) is 6.07 Å². The van der Waals surface area contributed by atoms with Gasteiger partial charge in [0.05, 0.1) is 26.9 Å². The first-order chi connectivity index (χ1) is 20.9. The van der Waals surface area contributed by atoms with Crippen LogP contribution in [-0.4, -0.2) is 118 Å². The summed E-state index contributed by atoms with van der Waals surface area (Å²) in [5.74, 6) is 0.385. The summed E-state index contributed by atoms with van der Waals surface area (Å²) in [6, 6.07) is 8.45. The Bertz CT molecular complexity index is 1520. The summed E-state index contributed by atoms with van der Waals surface area (Å²) < 4.78 is 38.7. The molecule has 3 heterocycles. The number of hydrogen-bond donors (Lipinski definition) is 7. The van der Waals surface area contributed by atoms with Gasteiger partial charge in [0.1, 0.15) is 71.0 Å². The zero-order valence-corrected chi connectivity index (χ0v) is 23.8. The molecule has 0 saturated carbocycles. The zero-order valence-electron chi connectivity index (χ0n) is 23.8. The Morgan fingerprint density at radius 2 is 1.45 bits per heavy atom. The highest BCUT2D eigenvalue weighted by molar-refractivity contribution is 5.86. The Morgan fingerprint density at radius 3 is 2.16 bits per heavy atom. The van der Waals surface area contributed by atoms with Crippen LogP contribution in [0.1, 0.15) is 6.92 Å². The van der Waals surface area contributed by atoms with Crippen LogP contribution in [0.2, 0.25) is 0 Å². The van der Waals surface area contributed by atoms with Gasteiger partial charge < -0.3 is 68.6 Å². The molecule has 240 valence electrons. The molecule has 2 aromatic carbocycles. The van der Waals surface area contributed by atoms with E-state index in [-0.39, 0.29) is 22.5 Å². The molecule has 1 aromatic heterocycles. The largest absolute Gasteiger partial charge is 0.507 e. The smallest absolute Gasteiger partial charge is 0.229 e. The molecule has 0 aliphatic carbocycles. The predicted molar refractivity (Wildman–Crippen MR) is 148 cm³/mol. The molecule has 2 saturated heterocycles. The van der Waals surface area contributed by atoms with Crippen LogP contribution in [0, 0.1) is 0 Å².